The summed E-state index contributed by atoms with van der Waals surface area (Å²) in [5.74, 6) is 0. The molecule has 13 heavy (non-hydrogen) atoms. The van der Waals surface area contributed by atoms with E-state index in [0.29, 0.717) is 0 Å². The molecule has 0 aliphatic carbocycles. The van der Waals surface area contributed by atoms with Gasteiger partial charge in [0.05, 0.1) is 0 Å². The average molecular weight is 178 g/mol. The largest absolute Gasteiger partial charge is 0.387 e. The number of hydrogen-bond acceptors (Lipinski definition) is 1. The summed E-state index contributed by atoms with van der Waals surface area (Å²) < 4.78 is 5.34. The van der Waals surface area contributed by atoms with Crippen LogP contribution >= 0.6 is 0 Å². The highest BCUT2D eigenvalue weighted by Crippen LogP contribution is 2.12. The van der Waals surface area contributed by atoms with Crippen LogP contribution in [-0.4, -0.2) is 20.5 Å². The van der Waals surface area contributed by atoms with Gasteiger partial charge in [-0.15, -0.1) is 0 Å². The minimum absolute atomic E-state index is 0. The van der Waals surface area contributed by atoms with Crippen LogP contribution in [0.3, 0.4) is 0 Å². The van der Waals surface area contributed by atoms with Gasteiger partial charge in [0.15, 0.2) is 0 Å². The molecule has 1 aromatic rings. The highest BCUT2D eigenvalue weighted by Gasteiger charge is 2.16. The molecule has 0 spiro atoms. The van der Waals surface area contributed by atoms with Crippen LogP contribution in [0.1, 0.15) is 19.9 Å². The molecule has 0 saturated heterocycles. The summed E-state index contributed by atoms with van der Waals surface area (Å²) in [5.41, 5.74) is 1.27. The molecular weight excluding hydrogens is 159 g/mol. The van der Waals surface area contributed by atoms with Gasteiger partial charge in [-0.3, -0.25) is 0 Å². The Labute approximate surface area is 82.5 Å². The Balaban J connectivity index is 0.00000144. The highest BCUT2D eigenvalue weighted by atomic mass is 16.5. The highest BCUT2D eigenvalue weighted by molar-refractivity contribution is 6.14. The maximum atomic E-state index is 5.34. The summed E-state index contributed by atoms with van der Waals surface area (Å²) in [5, 5.41) is 0. The first-order valence-electron chi connectivity index (χ1n) is 4.23. The predicted octanol–water partition coefficient (Wildman–Crippen LogP) is 1.86. The van der Waals surface area contributed by atoms with Crippen LogP contribution in [0.2, 0.25) is 0 Å². The van der Waals surface area contributed by atoms with Crippen molar-refractivity contribution in [2.75, 3.05) is 7.11 Å². The molecule has 1 atom stereocenters. The number of ether oxygens (including phenoxy) is 1. The first-order chi connectivity index (χ1) is 5.64. The van der Waals surface area contributed by atoms with Gasteiger partial charge in [-0.25, -0.2) is 0 Å². The number of methoxy groups -OCH3 is 1. The molecule has 1 rings (SSSR count). The maximum Gasteiger partial charge on any atom is 0.143 e. The van der Waals surface area contributed by atoms with Gasteiger partial charge in [-0.05, 0) is 18.9 Å². The molecule has 0 N–H and O–H groups in total. The minimum Gasteiger partial charge on any atom is -0.387 e. The second-order valence-corrected chi connectivity index (χ2v) is 3.63. The van der Waals surface area contributed by atoms with Gasteiger partial charge in [0.1, 0.15) is 7.85 Å². The zero-order chi connectivity index (χ0) is 9.03. The summed E-state index contributed by atoms with van der Waals surface area (Å²) in [7, 11) is 3.85. The predicted molar refractivity (Wildman–Crippen MR) is 60.8 cm³/mol. The summed E-state index contributed by atoms with van der Waals surface area (Å²) in [4.78, 5) is 0. The summed E-state index contributed by atoms with van der Waals surface area (Å²) >= 11 is 0. The van der Waals surface area contributed by atoms with Gasteiger partial charge in [-0.1, -0.05) is 37.8 Å². The van der Waals surface area contributed by atoms with Crippen molar-refractivity contribution in [1.82, 2.24) is 0 Å². The average Bonchev–Trinajstić information content (AvgIpc) is 2.06. The third-order valence-corrected chi connectivity index (χ3v) is 2.03. The topological polar surface area (TPSA) is 9.23 Å². The van der Waals surface area contributed by atoms with Gasteiger partial charge < -0.3 is 4.74 Å². The number of benzene rings is 1. The first-order valence-corrected chi connectivity index (χ1v) is 4.23. The molecule has 0 aliphatic rings. The zero-order valence-electron chi connectivity index (χ0n) is 8.00. The van der Waals surface area contributed by atoms with Crippen LogP contribution in [0.4, 0.5) is 0 Å². The first kappa shape index (κ1) is 12.2. The Morgan fingerprint density at radius 3 is 2.31 bits per heavy atom. The molecule has 0 amide bonds. The molecule has 0 saturated carbocycles. The Bertz CT molecular complexity index is 231. The lowest BCUT2D eigenvalue weighted by atomic mass is 9.78. The SMILES string of the molecule is BC(C)(Cc1ccccc1)OC.C. The van der Waals surface area contributed by atoms with E-state index in [1.165, 1.54) is 5.56 Å². The molecule has 0 radical (unpaired) electrons. The molecule has 1 aromatic carbocycles. The van der Waals surface area contributed by atoms with E-state index in [1.807, 2.05) is 6.07 Å². The smallest absolute Gasteiger partial charge is 0.143 e. The molecule has 72 valence electrons. The van der Waals surface area contributed by atoms with Crippen LogP contribution in [0.15, 0.2) is 30.3 Å². The van der Waals surface area contributed by atoms with Crippen molar-refractivity contribution < 1.29 is 4.74 Å². The number of hydrogen-bond donors (Lipinski definition) is 0. The van der Waals surface area contributed by atoms with Crippen molar-refractivity contribution in [2.45, 2.75) is 26.3 Å². The van der Waals surface area contributed by atoms with Gasteiger partial charge in [-0.2, -0.15) is 0 Å². The quantitative estimate of drug-likeness (QED) is 0.642. The van der Waals surface area contributed by atoms with Crippen molar-refractivity contribution in [3.05, 3.63) is 35.9 Å². The van der Waals surface area contributed by atoms with Gasteiger partial charge in [0.25, 0.3) is 0 Å². The molecule has 1 nitrogen and oxygen atoms in total. The fourth-order valence-electron chi connectivity index (χ4n) is 1.16. The van der Waals surface area contributed by atoms with Gasteiger partial charge in [0, 0.05) is 12.6 Å². The van der Waals surface area contributed by atoms with E-state index in [4.69, 9.17) is 4.74 Å². The van der Waals surface area contributed by atoms with Crippen LogP contribution in [0, 0.1) is 0 Å². The van der Waals surface area contributed by atoms with Crippen molar-refractivity contribution >= 4 is 7.85 Å². The molecule has 2 heteroatoms. The lowest BCUT2D eigenvalue weighted by Gasteiger charge is -2.22. The molecule has 0 fully saturated rings. The van der Waals surface area contributed by atoms with Crippen LogP contribution in [-0.2, 0) is 11.2 Å². The molecule has 0 aliphatic heterocycles. The lowest BCUT2D eigenvalue weighted by Crippen LogP contribution is -2.30. The zero-order valence-corrected chi connectivity index (χ0v) is 8.00. The van der Waals surface area contributed by atoms with E-state index in [-0.39, 0.29) is 12.9 Å². The fraction of sp³-hybridized carbons (Fsp3) is 0.455. The summed E-state index contributed by atoms with van der Waals surface area (Å²) in [6.07, 6.45) is 0.963. The molecule has 0 heterocycles. The van der Waals surface area contributed by atoms with E-state index in [9.17, 15) is 0 Å². The fourth-order valence-corrected chi connectivity index (χ4v) is 1.16. The second kappa shape index (κ2) is 5.08. The normalized spacial score (nSPS) is 14.3. The van der Waals surface area contributed by atoms with Crippen molar-refractivity contribution in [2.24, 2.45) is 0 Å². The van der Waals surface area contributed by atoms with Gasteiger partial charge >= 0.3 is 0 Å². The molecular formula is C11H19BO. The monoisotopic (exact) mass is 178 g/mol. The van der Waals surface area contributed by atoms with Gasteiger partial charge in [0.2, 0.25) is 0 Å². The molecule has 0 aromatic heterocycles. The van der Waals surface area contributed by atoms with Crippen molar-refractivity contribution in [3.63, 3.8) is 0 Å². The third kappa shape index (κ3) is 4.14. The third-order valence-electron chi connectivity index (χ3n) is 2.03. The van der Waals surface area contributed by atoms with E-state index in [1.54, 1.807) is 7.11 Å². The maximum absolute atomic E-state index is 5.34. The summed E-state index contributed by atoms with van der Waals surface area (Å²) in [6.45, 7) is 2.10. The Morgan fingerprint density at radius 2 is 1.85 bits per heavy atom. The Morgan fingerprint density at radius 1 is 1.31 bits per heavy atom. The Hall–Kier alpha value is -0.755. The Kier molecular flexibility index (Phi) is 4.78. The van der Waals surface area contributed by atoms with Crippen LogP contribution in [0.5, 0.6) is 0 Å². The second-order valence-electron chi connectivity index (χ2n) is 3.63. The summed E-state index contributed by atoms with van der Waals surface area (Å²) in [6, 6.07) is 10.4. The van der Waals surface area contributed by atoms with Crippen molar-refractivity contribution in [3.8, 4) is 0 Å². The minimum atomic E-state index is -0.0542. The van der Waals surface area contributed by atoms with E-state index >= 15 is 0 Å². The lowest BCUT2D eigenvalue weighted by molar-refractivity contribution is 0.0797. The standard InChI is InChI=1S/C10H15BO.CH4/c1-10(11,12-2)8-9-6-4-3-5-7-9;/h3-7H,8,11H2,1-2H3;1H4. The van der Waals surface area contributed by atoms with Crippen LogP contribution < -0.4 is 0 Å². The van der Waals surface area contributed by atoms with Crippen molar-refractivity contribution in [1.29, 1.82) is 0 Å². The van der Waals surface area contributed by atoms with Crippen LogP contribution in [0.25, 0.3) is 0 Å². The van der Waals surface area contributed by atoms with E-state index < -0.39 is 0 Å². The van der Waals surface area contributed by atoms with E-state index in [0.717, 1.165) is 6.42 Å². The molecule has 0 bridgehead atoms. The molecule has 1 unspecified atom stereocenters. The van der Waals surface area contributed by atoms with E-state index in [2.05, 4.69) is 39.0 Å². The number of rotatable bonds is 3.